The summed E-state index contributed by atoms with van der Waals surface area (Å²) < 4.78 is 5.40. The van der Waals surface area contributed by atoms with Gasteiger partial charge in [0.15, 0.2) is 0 Å². The van der Waals surface area contributed by atoms with E-state index in [1.54, 1.807) is 0 Å². The third-order valence-corrected chi connectivity index (χ3v) is 1.90. The summed E-state index contributed by atoms with van der Waals surface area (Å²) >= 11 is 0. The van der Waals surface area contributed by atoms with Gasteiger partial charge in [0, 0.05) is 6.54 Å². The number of hydrogen-bond acceptors (Lipinski definition) is 2. The van der Waals surface area contributed by atoms with Gasteiger partial charge in [0.25, 0.3) is 0 Å². The first-order valence-electron chi connectivity index (χ1n) is 4.86. The fourth-order valence-corrected chi connectivity index (χ4v) is 1.20. The van der Waals surface area contributed by atoms with E-state index in [4.69, 9.17) is 10.5 Å². The van der Waals surface area contributed by atoms with Crippen LogP contribution >= 0.6 is 0 Å². The van der Waals surface area contributed by atoms with Crippen molar-refractivity contribution in [2.75, 3.05) is 13.2 Å². The highest BCUT2D eigenvalue weighted by atomic mass is 16.5. The van der Waals surface area contributed by atoms with E-state index in [-0.39, 0.29) is 0 Å². The van der Waals surface area contributed by atoms with Crippen LogP contribution < -0.4 is 10.5 Å². The van der Waals surface area contributed by atoms with Crippen molar-refractivity contribution in [3.63, 3.8) is 0 Å². The molecule has 14 heavy (non-hydrogen) atoms. The molecule has 1 aromatic carbocycles. The molecule has 2 heteroatoms. The van der Waals surface area contributed by atoms with Crippen LogP contribution in [0.4, 0.5) is 0 Å². The summed E-state index contributed by atoms with van der Waals surface area (Å²) in [6.07, 6.45) is 2.07. The van der Waals surface area contributed by atoms with E-state index in [2.05, 4.69) is 6.08 Å². The Kier molecular flexibility index (Phi) is 4.20. The van der Waals surface area contributed by atoms with E-state index < -0.39 is 0 Å². The molecule has 0 unspecified atom stereocenters. The molecular weight excluding hydrogens is 174 g/mol. The number of rotatable bonds is 4. The van der Waals surface area contributed by atoms with Crippen LogP contribution in [0.2, 0.25) is 0 Å². The maximum Gasteiger partial charge on any atom is 0.119 e. The van der Waals surface area contributed by atoms with Gasteiger partial charge in [0.2, 0.25) is 0 Å². The van der Waals surface area contributed by atoms with Gasteiger partial charge in [-0.3, -0.25) is 0 Å². The number of nitrogens with two attached hydrogens (primary N) is 1. The molecule has 0 aromatic heterocycles. The lowest BCUT2D eigenvalue weighted by atomic mass is 10.1. The molecule has 0 radical (unpaired) electrons. The predicted octanol–water partition coefficient (Wildman–Crippen LogP) is 2.45. The van der Waals surface area contributed by atoms with E-state index in [0.717, 1.165) is 11.3 Å². The Morgan fingerprint density at radius 3 is 2.93 bits per heavy atom. The van der Waals surface area contributed by atoms with Gasteiger partial charge in [-0.15, -0.1) is 0 Å². The van der Waals surface area contributed by atoms with Crippen LogP contribution in [0.15, 0.2) is 29.8 Å². The molecule has 0 saturated carbocycles. The highest BCUT2D eigenvalue weighted by molar-refractivity contribution is 5.54. The molecule has 0 aliphatic carbocycles. The van der Waals surface area contributed by atoms with Gasteiger partial charge in [-0.2, -0.15) is 0 Å². The van der Waals surface area contributed by atoms with Crippen LogP contribution in [0.25, 0.3) is 6.08 Å². The van der Waals surface area contributed by atoms with Crippen LogP contribution in [0.1, 0.15) is 19.4 Å². The molecule has 2 N–H and O–H groups in total. The first kappa shape index (κ1) is 10.8. The van der Waals surface area contributed by atoms with E-state index in [1.807, 2.05) is 38.1 Å². The molecular formula is C12H17NO. The zero-order chi connectivity index (χ0) is 10.4. The number of hydrogen-bond donors (Lipinski definition) is 1. The minimum Gasteiger partial charge on any atom is -0.494 e. The van der Waals surface area contributed by atoms with E-state index in [1.165, 1.54) is 5.57 Å². The van der Waals surface area contributed by atoms with Crippen molar-refractivity contribution in [2.24, 2.45) is 5.73 Å². The van der Waals surface area contributed by atoms with Crippen molar-refractivity contribution >= 4 is 6.08 Å². The number of benzene rings is 1. The Hall–Kier alpha value is -1.28. The van der Waals surface area contributed by atoms with Crippen LogP contribution in [0.5, 0.6) is 5.75 Å². The lowest BCUT2D eigenvalue weighted by Gasteiger charge is -2.03. The summed E-state index contributed by atoms with van der Waals surface area (Å²) in [5.41, 5.74) is 7.82. The second kappa shape index (κ2) is 5.45. The second-order valence-electron chi connectivity index (χ2n) is 3.20. The monoisotopic (exact) mass is 191 g/mol. The minimum absolute atomic E-state index is 0.596. The number of ether oxygens (including phenoxy) is 1. The molecule has 0 spiro atoms. The summed E-state index contributed by atoms with van der Waals surface area (Å²) in [6.45, 7) is 5.29. The smallest absolute Gasteiger partial charge is 0.119 e. The zero-order valence-corrected chi connectivity index (χ0v) is 8.79. The van der Waals surface area contributed by atoms with Crippen LogP contribution in [0.3, 0.4) is 0 Å². The van der Waals surface area contributed by atoms with Gasteiger partial charge in [-0.1, -0.05) is 23.8 Å². The lowest BCUT2D eigenvalue weighted by Crippen LogP contribution is -1.99. The fourth-order valence-electron chi connectivity index (χ4n) is 1.20. The molecule has 0 atom stereocenters. The lowest BCUT2D eigenvalue weighted by molar-refractivity contribution is 0.340. The first-order valence-corrected chi connectivity index (χ1v) is 4.86. The fraction of sp³-hybridized carbons (Fsp3) is 0.333. The van der Waals surface area contributed by atoms with E-state index in [9.17, 15) is 0 Å². The van der Waals surface area contributed by atoms with Gasteiger partial charge in [0.1, 0.15) is 5.75 Å². The topological polar surface area (TPSA) is 35.2 Å². The first-order chi connectivity index (χ1) is 6.76. The average Bonchev–Trinajstić information content (AvgIpc) is 2.19. The van der Waals surface area contributed by atoms with Crippen LogP contribution in [-0.4, -0.2) is 13.2 Å². The second-order valence-corrected chi connectivity index (χ2v) is 3.20. The summed E-state index contributed by atoms with van der Waals surface area (Å²) in [7, 11) is 0. The molecule has 1 rings (SSSR count). The third-order valence-electron chi connectivity index (χ3n) is 1.90. The summed E-state index contributed by atoms with van der Waals surface area (Å²) in [4.78, 5) is 0. The van der Waals surface area contributed by atoms with Crippen molar-refractivity contribution in [1.29, 1.82) is 0 Å². The van der Waals surface area contributed by atoms with Crippen molar-refractivity contribution in [1.82, 2.24) is 0 Å². The Balaban J connectivity index is 2.83. The van der Waals surface area contributed by atoms with Crippen molar-refractivity contribution in [3.05, 3.63) is 35.4 Å². The Morgan fingerprint density at radius 1 is 1.50 bits per heavy atom. The molecule has 0 saturated heterocycles. The maximum atomic E-state index is 5.52. The van der Waals surface area contributed by atoms with Crippen LogP contribution in [-0.2, 0) is 0 Å². The normalized spacial score (nSPS) is 11.5. The molecule has 0 heterocycles. The van der Waals surface area contributed by atoms with Crippen molar-refractivity contribution in [3.8, 4) is 5.75 Å². The highest BCUT2D eigenvalue weighted by Crippen LogP contribution is 2.15. The quantitative estimate of drug-likeness (QED) is 0.793. The minimum atomic E-state index is 0.596. The van der Waals surface area contributed by atoms with Gasteiger partial charge < -0.3 is 10.5 Å². The summed E-state index contributed by atoms with van der Waals surface area (Å²) in [5, 5.41) is 0. The average molecular weight is 191 g/mol. The Bertz CT molecular complexity index is 318. The molecule has 0 aliphatic rings. The van der Waals surface area contributed by atoms with Crippen molar-refractivity contribution < 1.29 is 4.74 Å². The van der Waals surface area contributed by atoms with Gasteiger partial charge in [0.05, 0.1) is 6.61 Å². The predicted molar refractivity (Wildman–Crippen MR) is 60.3 cm³/mol. The van der Waals surface area contributed by atoms with Crippen molar-refractivity contribution in [2.45, 2.75) is 13.8 Å². The standard InChI is InChI=1S/C12H17NO/c1-3-14-12-6-4-5-11(8-12)7-10(2)9-13/h4-8H,3,9,13H2,1-2H3. The molecule has 0 bridgehead atoms. The molecule has 2 nitrogen and oxygen atoms in total. The molecule has 76 valence electrons. The van der Waals surface area contributed by atoms with E-state index >= 15 is 0 Å². The molecule has 0 aliphatic heterocycles. The highest BCUT2D eigenvalue weighted by Gasteiger charge is 1.93. The Morgan fingerprint density at radius 2 is 2.29 bits per heavy atom. The van der Waals surface area contributed by atoms with Gasteiger partial charge >= 0.3 is 0 Å². The zero-order valence-electron chi connectivity index (χ0n) is 8.79. The van der Waals surface area contributed by atoms with E-state index in [0.29, 0.717) is 13.2 Å². The third kappa shape index (κ3) is 3.23. The molecule has 0 fully saturated rings. The maximum absolute atomic E-state index is 5.52. The molecule has 0 amide bonds. The van der Waals surface area contributed by atoms with Gasteiger partial charge in [-0.05, 0) is 31.5 Å². The SMILES string of the molecule is CCOc1cccc(C=C(C)CN)c1. The molecule has 1 aromatic rings. The van der Waals surface area contributed by atoms with Crippen LogP contribution in [0, 0.1) is 0 Å². The summed E-state index contributed by atoms with van der Waals surface area (Å²) in [6, 6.07) is 8.00. The largest absolute Gasteiger partial charge is 0.494 e. The summed E-state index contributed by atoms with van der Waals surface area (Å²) in [5.74, 6) is 0.908. The van der Waals surface area contributed by atoms with Gasteiger partial charge in [-0.25, -0.2) is 0 Å². The Labute approximate surface area is 85.4 Å².